The summed E-state index contributed by atoms with van der Waals surface area (Å²) in [6.45, 7) is 1.35. The first kappa shape index (κ1) is 15.2. The number of hydrogen-bond acceptors (Lipinski definition) is 4. The van der Waals surface area contributed by atoms with E-state index in [1.54, 1.807) is 12.1 Å². The van der Waals surface area contributed by atoms with Gasteiger partial charge in [-0.3, -0.25) is 4.90 Å². The first-order valence-electron chi connectivity index (χ1n) is 7.02. The highest BCUT2D eigenvalue weighted by molar-refractivity contribution is 5.36. The van der Waals surface area contributed by atoms with Crippen LogP contribution in [-0.4, -0.2) is 48.0 Å². The summed E-state index contributed by atoms with van der Waals surface area (Å²) in [6.07, 6.45) is 1.80. The summed E-state index contributed by atoms with van der Waals surface area (Å²) in [5, 5.41) is 19.3. The van der Waals surface area contributed by atoms with E-state index in [4.69, 9.17) is 9.84 Å². The summed E-state index contributed by atoms with van der Waals surface area (Å²) in [5.41, 5.74) is 0.217. The van der Waals surface area contributed by atoms with Crippen molar-refractivity contribution in [2.75, 3.05) is 26.8 Å². The molecule has 1 unspecified atom stereocenters. The molecule has 1 aliphatic rings. The summed E-state index contributed by atoms with van der Waals surface area (Å²) in [5.74, 6) is -0.0744. The summed E-state index contributed by atoms with van der Waals surface area (Å²) >= 11 is 0. The number of aliphatic hydroxyl groups excluding tert-OH is 2. The topological polar surface area (TPSA) is 52.9 Å². The standard InChI is InChI=1S/C15H22FNO3/c1-20-14-4-2-3-12(16)15(14)13(19)7-8-17(9-10-18)11-5-6-11/h2-4,11,13,18-19H,5-10H2,1H3. The molecule has 5 heteroatoms. The van der Waals surface area contributed by atoms with Crippen LogP contribution in [-0.2, 0) is 0 Å². The van der Waals surface area contributed by atoms with Crippen LogP contribution in [0.5, 0.6) is 5.75 Å². The van der Waals surface area contributed by atoms with Crippen LogP contribution in [0.3, 0.4) is 0 Å². The van der Waals surface area contributed by atoms with Crippen molar-refractivity contribution in [1.29, 1.82) is 0 Å². The fourth-order valence-corrected chi connectivity index (χ4v) is 2.50. The lowest BCUT2D eigenvalue weighted by molar-refractivity contribution is 0.122. The van der Waals surface area contributed by atoms with Gasteiger partial charge in [0.1, 0.15) is 11.6 Å². The minimum atomic E-state index is -0.897. The van der Waals surface area contributed by atoms with E-state index in [0.29, 0.717) is 31.3 Å². The van der Waals surface area contributed by atoms with Gasteiger partial charge >= 0.3 is 0 Å². The van der Waals surface area contributed by atoms with Crippen LogP contribution in [0, 0.1) is 5.82 Å². The summed E-state index contributed by atoms with van der Waals surface area (Å²) in [6, 6.07) is 5.05. The first-order valence-corrected chi connectivity index (χ1v) is 7.02. The number of aliphatic hydroxyl groups is 2. The Labute approximate surface area is 118 Å². The molecule has 2 rings (SSSR count). The van der Waals surface area contributed by atoms with Crippen LogP contribution < -0.4 is 4.74 Å². The lowest BCUT2D eigenvalue weighted by Crippen LogP contribution is -2.31. The van der Waals surface area contributed by atoms with Gasteiger partial charge in [0.15, 0.2) is 0 Å². The molecule has 0 aliphatic heterocycles. The minimum absolute atomic E-state index is 0.107. The summed E-state index contributed by atoms with van der Waals surface area (Å²) in [7, 11) is 1.47. The summed E-state index contributed by atoms with van der Waals surface area (Å²) in [4.78, 5) is 2.15. The van der Waals surface area contributed by atoms with E-state index in [9.17, 15) is 9.50 Å². The third-order valence-electron chi connectivity index (χ3n) is 3.71. The van der Waals surface area contributed by atoms with Crippen LogP contribution in [0.25, 0.3) is 0 Å². The molecule has 1 atom stereocenters. The van der Waals surface area contributed by atoms with Gasteiger partial charge < -0.3 is 14.9 Å². The number of ether oxygens (including phenoxy) is 1. The summed E-state index contributed by atoms with van der Waals surface area (Å²) < 4.78 is 18.9. The van der Waals surface area contributed by atoms with Gasteiger partial charge in [0.05, 0.1) is 25.4 Å². The van der Waals surface area contributed by atoms with Crippen molar-refractivity contribution in [3.8, 4) is 5.75 Å². The van der Waals surface area contributed by atoms with Crippen molar-refractivity contribution in [1.82, 2.24) is 4.90 Å². The monoisotopic (exact) mass is 283 g/mol. The van der Waals surface area contributed by atoms with E-state index in [-0.39, 0.29) is 12.2 Å². The second kappa shape index (κ2) is 7.02. The Morgan fingerprint density at radius 3 is 2.75 bits per heavy atom. The van der Waals surface area contributed by atoms with Gasteiger partial charge in [-0.05, 0) is 31.4 Å². The van der Waals surface area contributed by atoms with E-state index in [0.717, 1.165) is 12.8 Å². The van der Waals surface area contributed by atoms with Crippen molar-refractivity contribution in [2.45, 2.75) is 31.4 Å². The number of rotatable bonds is 8. The van der Waals surface area contributed by atoms with Gasteiger partial charge in [-0.25, -0.2) is 4.39 Å². The SMILES string of the molecule is COc1cccc(F)c1C(O)CCN(CCO)C1CC1. The van der Waals surface area contributed by atoms with E-state index in [1.165, 1.54) is 13.2 Å². The molecule has 0 bridgehead atoms. The van der Waals surface area contributed by atoms with Crippen LogP contribution in [0.1, 0.15) is 30.9 Å². The van der Waals surface area contributed by atoms with Crippen molar-refractivity contribution in [3.63, 3.8) is 0 Å². The second-order valence-electron chi connectivity index (χ2n) is 5.15. The second-order valence-corrected chi connectivity index (χ2v) is 5.15. The number of nitrogens with zero attached hydrogens (tertiary/aromatic N) is 1. The molecule has 1 aliphatic carbocycles. The number of benzene rings is 1. The maximum atomic E-state index is 13.8. The molecule has 0 saturated heterocycles. The fraction of sp³-hybridized carbons (Fsp3) is 0.600. The van der Waals surface area contributed by atoms with Crippen molar-refractivity contribution in [3.05, 3.63) is 29.6 Å². The molecule has 0 radical (unpaired) electrons. The highest BCUT2D eigenvalue weighted by atomic mass is 19.1. The molecule has 0 heterocycles. The van der Waals surface area contributed by atoms with Crippen molar-refractivity contribution in [2.24, 2.45) is 0 Å². The quantitative estimate of drug-likeness (QED) is 0.762. The molecule has 4 nitrogen and oxygen atoms in total. The van der Waals surface area contributed by atoms with Gasteiger partial charge in [0, 0.05) is 19.1 Å². The van der Waals surface area contributed by atoms with Gasteiger partial charge in [-0.1, -0.05) is 6.07 Å². The van der Waals surface area contributed by atoms with Crippen LogP contribution in [0.2, 0.25) is 0 Å². The van der Waals surface area contributed by atoms with Gasteiger partial charge in [0.2, 0.25) is 0 Å². The largest absolute Gasteiger partial charge is 0.496 e. The third kappa shape index (κ3) is 3.69. The lowest BCUT2D eigenvalue weighted by atomic mass is 10.0. The van der Waals surface area contributed by atoms with Crippen LogP contribution in [0.15, 0.2) is 18.2 Å². The normalized spacial score (nSPS) is 16.4. The minimum Gasteiger partial charge on any atom is -0.496 e. The zero-order valence-corrected chi connectivity index (χ0v) is 11.8. The Balaban J connectivity index is 1.98. The Hall–Kier alpha value is -1.17. The van der Waals surface area contributed by atoms with E-state index in [2.05, 4.69) is 4.90 Å². The van der Waals surface area contributed by atoms with Crippen molar-refractivity contribution >= 4 is 0 Å². The predicted molar refractivity (Wildman–Crippen MR) is 74.2 cm³/mol. The molecule has 112 valence electrons. The molecule has 20 heavy (non-hydrogen) atoms. The molecule has 2 N–H and O–H groups in total. The number of halogens is 1. The molecule has 1 aromatic carbocycles. The average Bonchev–Trinajstić information content (AvgIpc) is 3.27. The van der Waals surface area contributed by atoms with E-state index < -0.39 is 11.9 Å². The average molecular weight is 283 g/mol. The highest BCUT2D eigenvalue weighted by Gasteiger charge is 2.29. The van der Waals surface area contributed by atoms with E-state index >= 15 is 0 Å². The molecule has 1 saturated carbocycles. The lowest BCUT2D eigenvalue weighted by Gasteiger charge is -2.23. The molecular weight excluding hydrogens is 261 g/mol. The molecule has 0 spiro atoms. The third-order valence-corrected chi connectivity index (χ3v) is 3.71. The maximum Gasteiger partial charge on any atom is 0.132 e. The van der Waals surface area contributed by atoms with Crippen LogP contribution >= 0.6 is 0 Å². The smallest absolute Gasteiger partial charge is 0.132 e. The first-order chi connectivity index (χ1) is 9.67. The Bertz CT molecular complexity index is 437. The number of hydrogen-bond donors (Lipinski definition) is 2. The van der Waals surface area contributed by atoms with Gasteiger partial charge in [-0.15, -0.1) is 0 Å². The van der Waals surface area contributed by atoms with Gasteiger partial charge in [0.25, 0.3) is 0 Å². The zero-order chi connectivity index (χ0) is 14.5. The fourth-order valence-electron chi connectivity index (χ4n) is 2.50. The maximum absolute atomic E-state index is 13.8. The molecule has 1 aromatic rings. The Morgan fingerprint density at radius 2 is 2.15 bits per heavy atom. The molecular formula is C15H22FNO3. The molecule has 0 amide bonds. The Morgan fingerprint density at radius 1 is 1.40 bits per heavy atom. The molecule has 0 aromatic heterocycles. The molecule has 1 fully saturated rings. The van der Waals surface area contributed by atoms with Gasteiger partial charge in [-0.2, -0.15) is 0 Å². The van der Waals surface area contributed by atoms with E-state index in [1.807, 2.05) is 0 Å². The predicted octanol–water partition coefficient (Wildman–Crippen LogP) is 1.71. The zero-order valence-electron chi connectivity index (χ0n) is 11.8. The Kier molecular flexibility index (Phi) is 5.34. The number of methoxy groups -OCH3 is 1. The van der Waals surface area contributed by atoms with Crippen LogP contribution in [0.4, 0.5) is 4.39 Å². The van der Waals surface area contributed by atoms with Crippen molar-refractivity contribution < 1.29 is 19.3 Å². The highest BCUT2D eigenvalue weighted by Crippen LogP contribution is 2.31.